The number of hydrogen-bond donors (Lipinski definition) is 0. The summed E-state index contributed by atoms with van der Waals surface area (Å²) in [7, 11) is 4.08. The topological polar surface area (TPSA) is 38.1 Å². The molecule has 5 nitrogen and oxygen atoms in total. The number of hydrogen-bond acceptors (Lipinski definition) is 5. The van der Waals surface area contributed by atoms with E-state index in [1.807, 2.05) is 38.4 Å². The van der Waals surface area contributed by atoms with Crippen LogP contribution in [-0.2, 0) is 4.74 Å². The summed E-state index contributed by atoms with van der Waals surface area (Å²) >= 11 is 0. The first kappa shape index (κ1) is 19.6. The van der Waals surface area contributed by atoms with Gasteiger partial charge in [-0.3, -0.25) is 4.90 Å². The molecular weight excluding hydrogens is 364 g/mol. The van der Waals surface area contributed by atoms with E-state index in [4.69, 9.17) is 13.9 Å². The van der Waals surface area contributed by atoms with Crippen molar-refractivity contribution in [3.63, 3.8) is 0 Å². The fraction of sp³-hybridized carbons (Fsp3) is 0.333. The van der Waals surface area contributed by atoms with Crippen molar-refractivity contribution in [3.05, 3.63) is 59.9 Å². The van der Waals surface area contributed by atoms with E-state index in [2.05, 4.69) is 46.2 Å². The van der Waals surface area contributed by atoms with Gasteiger partial charge in [0.25, 0.3) is 0 Å². The van der Waals surface area contributed by atoms with Gasteiger partial charge in [0, 0.05) is 50.9 Å². The monoisotopic (exact) mass is 392 g/mol. The molecule has 4 rings (SSSR count). The molecule has 0 atom stereocenters. The number of rotatable bonds is 7. The van der Waals surface area contributed by atoms with Crippen molar-refractivity contribution in [2.24, 2.45) is 0 Å². The van der Waals surface area contributed by atoms with Gasteiger partial charge in [0.1, 0.15) is 23.7 Å². The highest BCUT2D eigenvalue weighted by molar-refractivity contribution is 5.83. The van der Waals surface area contributed by atoms with Gasteiger partial charge in [0.15, 0.2) is 0 Å². The second kappa shape index (κ2) is 9.16. The molecule has 2 heterocycles. The van der Waals surface area contributed by atoms with Gasteiger partial charge in [0.05, 0.1) is 13.2 Å². The van der Waals surface area contributed by atoms with Crippen molar-refractivity contribution in [1.82, 2.24) is 4.90 Å². The number of ether oxygens (including phenoxy) is 2. The summed E-state index contributed by atoms with van der Waals surface area (Å²) in [5.74, 6) is 1.68. The highest BCUT2D eigenvalue weighted by atomic mass is 16.5. The van der Waals surface area contributed by atoms with Crippen molar-refractivity contribution >= 4 is 28.8 Å². The minimum atomic E-state index is 0.669. The fourth-order valence-corrected chi connectivity index (χ4v) is 3.38. The maximum atomic E-state index is 5.99. The lowest BCUT2D eigenvalue weighted by atomic mass is 10.1. The lowest BCUT2D eigenvalue weighted by Gasteiger charge is -2.26. The zero-order chi connectivity index (χ0) is 20.1. The number of fused-ring (bicyclic) bond motifs is 1. The van der Waals surface area contributed by atoms with Crippen molar-refractivity contribution < 1.29 is 13.9 Å². The maximum absolute atomic E-state index is 5.99. The molecule has 1 aliphatic rings. The first-order valence-electron chi connectivity index (χ1n) is 10.1. The Balaban J connectivity index is 1.37. The van der Waals surface area contributed by atoms with Crippen molar-refractivity contribution in [2.75, 3.05) is 58.5 Å². The Kier molecular flexibility index (Phi) is 6.17. The van der Waals surface area contributed by atoms with Gasteiger partial charge in [-0.25, -0.2) is 0 Å². The van der Waals surface area contributed by atoms with Crippen LogP contribution in [0.2, 0.25) is 0 Å². The lowest BCUT2D eigenvalue weighted by Crippen LogP contribution is -2.38. The van der Waals surface area contributed by atoms with Crippen LogP contribution in [0.4, 0.5) is 5.69 Å². The van der Waals surface area contributed by atoms with Crippen LogP contribution in [0, 0.1) is 0 Å². The Morgan fingerprint density at radius 2 is 1.79 bits per heavy atom. The van der Waals surface area contributed by atoms with Crippen LogP contribution in [0.3, 0.4) is 0 Å². The Labute approximate surface area is 172 Å². The van der Waals surface area contributed by atoms with E-state index in [0.717, 1.165) is 60.9 Å². The SMILES string of the molecule is CN(C)c1ccc(C=Cc2cc3ccc(OCCN4CCOCC4)cc3o2)cc1. The molecule has 5 heteroatoms. The third-order valence-corrected chi connectivity index (χ3v) is 5.14. The summed E-state index contributed by atoms with van der Waals surface area (Å²) in [4.78, 5) is 4.45. The highest BCUT2D eigenvalue weighted by Gasteiger charge is 2.10. The molecule has 0 N–H and O–H groups in total. The molecule has 0 aliphatic carbocycles. The Morgan fingerprint density at radius 1 is 1.00 bits per heavy atom. The van der Waals surface area contributed by atoms with E-state index < -0.39 is 0 Å². The van der Waals surface area contributed by atoms with Gasteiger partial charge in [-0.05, 0) is 42.0 Å². The smallest absolute Gasteiger partial charge is 0.138 e. The van der Waals surface area contributed by atoms with Gasteiger partial charge in [-0.2, -0.15) is 0 Å². The van der Waals surface area contributed by atoms with Crippen LogP contribution in [0.15, 0.2) is 52.9 Å². The predicted octanol–water partition coefficient (Wildman–Crippen LogP) is 4.38. The van der Waals surface area contributed by atoms with Gasteiger partial charge in [-0.15, -0.1) is 0 Å². The van der Waals surface area contributed by atoms with E-state index >= 15 is 0 Å². The van der Waals surface area contributed by atoms with Gasteiger partial charge in [0.2, 0.25) is 0 Å². The van der Waals surface area contributed by atoms with Crippen molar-refractivity contribution in [3.8, 4) is 5.75 Å². The van der Waals surface area contributed by atoms with Crippen LogP contribution in [0.25, 0.3) is 23.1 Å². The van der Waals surface area contributed by atoms with E-state index in [0.29, 0.717) is 6.61 Å². The highest BCUT2D eigenvalue weighted by Crippen LogP contribution is 2.25. The lowest BCUT2D eigenvalue weighted by molar-refractivity contribution is 0.0322. The molecule has 1 aromatic heterocycles. The third kappa shape index (κ3) is 5.19. The Bertz CT molecular complexity index is 954. The van der Waals surface area contributed by atoms with Gasteiger partial charge < -0.3 is 18.8 Å². The molecule has 0 radical (unpaired) electrons. The molecular formula is C24H28N2O3. The zero-order valence-corrected chi connectivity index (χ0v) is 17.1. The molecule has 0 bridgehead atoms. The number of nitrogens with zero attached hydrogens (tertiary/aromatic N) is 2. The minimum absolute atomic E-state index is 0.669. The first-order valence-corrected chi connectivity index (χ1v) is 10.1. The summed E-state index contributed by atoms with van der Waals surface area (Å²) in [6, 6.07) is 16.5. The second-order valence-corrected chi connectivity index (χ2v) is 7.47. The van der Waals surface area contributed by atoms with Crippen LogP contribution in [0.5, 0.6) is 5.75 Å². The standard InChI is InChI=1S/C24H28N2O3/c1-25(2)21-7-3-19(4-8-21)5-9-23-17-20-6-10-22(18-24(20)29-23)28-16-13-26-11-14-27-15-12-26/h3-10,17-18H,11-16H2,1-2H3. The molecule has 1 fully saturated rings. The van der Waals surface area contributed by atoms with E-state index in [1.165, 1.54) is 5.69 Å². The molecule has 1 aliphatic heterocycles. The van der Waals surface area contributed by atoms with Crippen molar-refractivity contribution in [1.29, 1.82) is 0 Å². The molecule has 3 aromatic rings. The summed E-state index contributed by atoms with van der Waals surface area (Å²) in [5, 5.41) is 1.08. The van der Waals surface area contributed by atoms with E-state index in [1.54, 1.807) is 0 Å². The molecule has 0 unspecified atom stereocenters. The average Bonchev–Trinajstić information content (AvgIpc) is 3.15. The molecule has 0 spiro atoms. The van der Waals surface area contributed by atoms with Gasteiger partial charge >= 0.3 is 0 Å². The van der Waals surface area contributed by atoms with Crippen molar-refractivity contribution in [2.45, 2.75) is 0 Å². The summed E-state index contributed by atoms with van der Waals surface area (Å²) in [5.41, 5.74) is 3.17. The van der Waals surface area contributed by atoms with Crippen LogP contribution >= 0.6 is 0 Å². The quantitative estimate of drug-likeness (QED) is 0.597. The number of benzene rings is 2. The Morgan fingerprint density at radius 3 is 2.55 bits per heavy atom. The van der Waals surface area contributed by atoms with Crippen LogP contribution in [0.1, 0.15) is 11.3 Å². The first-order chi connectivity index (χ1) is 14.2. The van der Waals surface area contributed by atoms with Crippen LogP contribution < -0.4 is 9.64 Å². The summed E-state index contributed by atoms with van der Waals surface area (Å²) < 4.78 is 17.3. The molecule has 1 saturated heterocycles. The minimum Gasteiger partial charge on any atom is -0.492 e. The number of anilines is 1. The largest absolute Gasteiger partial charge is 0.492 e. The predicted molar refractivity (Wildman–Crippen MR) is 119 cm³/mol. The summed E-state index contributed by atoms with van der Waals surface area (Å²) in [6.45, 7) is 5.17. The molecule has 0 amide bonds. The third-order valence-electron chi connectivity index (χ3n) is 5.14. The van der Waals surface area contributed by atoms with E-state index in [-0.39, 0.29) is 0 Å². The Hall–Kier alpha value is -2.76. The molecule has 0 saturated carbocycles. The number of furan rings is 1. The molecule has 2 aromatic carbocycles. The zero-order valence-electron chi connectivity index (χ0n) is 17.1. The molecule has 29 heavy (non-hydrogen) atoms. The second-order valence-electron chi connectivity index (χ2n) is 7.47. The number of morpholine rings is 1. The normalized spacial score (nSPS) is 15.2. The fourth-order valence-electron chi connectivity index (χ4n) is 3.38. The van der Waals surface area contributed by atoms with Gasteiger partial charge in [-0.1, -0.05) is 18.2 Å². The van der Waals surface area contributed by atoms with Crippen LogP contribution in [-0.4, -0.2) is 58.5 Å². The molecule has 152 valence electrons. The van der Waals surface area contributed by atoms with E-state index in [9.17, 15) is 0 Å². The summed E-state index contributed by atoms with van der Waals surface area (Å²) in [6.07, 6.45) is 4.07. The maximum Gasteiger partial charge on any atom is 0.138 e. The average molecular weight is 392 g/mol.